The molecule has 3 heterocycles. The molecule has 1 aliphatic carbocycles. The van der Waals surface area contributed by atoms with Crippen LogP contribution in [0.3, 0.4) is 0 Å². The predicted octanol–water partition coefficient (Wildman–Crippen LogP) is -0.0550. The van der Waals surface area contributed by atoms with Crippen molar-refractivity contribution in [2.24, 2.45) is 0 Å². The lowest BCUT2D eigenvalue weighted by atomic mass is 9.99. The molecule has 0 amide bonds. The van der Waals surface area contributed by atoms with E-state index < -0.39 is 24.3 Å². The number of hydrogen-bond acceptors (Lipinski definition) is 8. The van der Waals surface area contributed by atoms with Gasteiger partial charge in [-0.05, 0) is 19.8 Å². The fourth-order valence-electron chi connectivity index (χ4n) is 3.00. The molecule has 130 valence electrons. The number of alkyl halides is 1. The van der Waals surface area contributed by atoms with Crippen molar-refractivity contribution in [1.82, 2.24) is 19.5 Å². The Morgan fingerprint density at radius 1 is 1.42 bits per heavy atom. The van der Waals surface area contributed by atoms with Crippen LogP contribution in [0.4, 0.5) is 16.2 Å². The normalized spacial score (nSPS) is 29.3. The van der Waals surface area contributed by atoms with Gasteiger partial charge in [0.1, 0.15) is 6.61 Å². The zero-order chi connectivity index (χ0) is 17.3. The zero-order valence-corrected chi connectivity index (χ0v) is 13.3. The molecule has 1 saturated carbocycles. The minimum absolute atomic E-state index is 0.0320. The van der Waals surface area contributed by atoms with Crippen molar-refractivity contribution in [3.63, 3.8) is 0 Å². The molecule has 2 aromatic heterocycles. The molecule has 2 fully saturated rings. The van der Waals surface area contributed by atoms with Gasteiger partial charge in [-0.2, -0.15) is 9.97 Å². The second kappa shape index (κ2) is 4.74. The molecule has 0 bridgehead atoms. The summed E-state index contributed by atoms with van der Waals surface area (Å²) in [4.78, 5) is 14.7. The summed E-state index contributed by atoms with van der Waals surface area (Å²) in [6.07, 6.45) is 2.20. The maximum absolute atomic E-state index is 14.9. The Kier molecular flexibility index (Phi) is 3.06. The Morgan fingerprint density at radius 3 is 2.71 bits per heavy atom. The molecule has 1 aliphatic heterocycles. The third-order valence-electron chi connectivity index (χ3n) is 4.79. The van der Waals surface area contributed by atoms with Crippen LogP contribution in [0.5, 0.6) is 0 Å². The summed E-state index contributed by atoms with van der Waals surface area (Å²) in [5.74, 6) is -2.00. The quantitative estimate of drug-likeness (QED) is 0.666. The number of aliphatic hydroxyl groups is 2. The highest BCUT2D eigenvalue weighted by Crippen LogP contribution is 2.44. The van der Waals surface area contributed by atoms with Crippen molar-refractivity contribution >= 4 is 22.9 Å². The Bertz CT molecular complexity index is 803. The monoisotopic (exact) mass is 338 g/mol. The highest BCUT2D eigenvalue weighted by molar-refractivity contribution is 5.85. The van der Waals surface area contributed by atoms with Gasteiger partial charge in [-0.15, -0.1) is 0 Å². The Balaban J connectivity index is 1.84. The molecule has 10 heteroatoms. The van der Waals surface area contributed by atoms with Gasteiger partial charge >= 0.3 is 0 Å². The summed E-state index contributed by atoms with van der Waals surface area (Å²) in [7, 11) is 1.90. The van der Waals surface area contributed by atoms with Crippen LogP contribution in [0.2, 0.25) is 0 Å². The number of rotatable bonds is 3. The summed E-state index contributed by atoms with van der Waals surface area (Å²) in [6, 6.07) is 0.379. The summed E-state index contributed by atoms with van der Waals surface area (Å²) in [5, 5.41) is 19.6. The van der Waals surface area contributed by atoms with Crippen LogP contribution in [0.1, 0.15) is 26.0 Å². The second-order valence-corrected chi connectivity index (χ2v) is 6.63. The van der Waals surface area contributed by atoms with Gasteiger partial charge in [-0.1, -0.05) is 0 Å². The molecule has 1 saturated heterocycles. The van der Waals surface area contributed by atoms with Crippen molar-refractivity contribution in [2.75, 3.05) is 24.3 Å². The highest BCUT2D eigenvalue weighted by atomic mass is 19.1. The van der Waals surface area contributed by atoms with E-state index in [1.807, 2.05) is 11.9 Å². The fourth-order valence-corrected chi connectivity index (χ4v) is 3.00. The van der Waals surface area contributed by atoms with Gasteiger partial charge in [0.05, 0.1) is 6.33 Å². The van der Waals surface area contributed by atoms with E-state index in [9.17, 15) is 14.6 Å². The number of anilines is 2. The molecule has 2 aromatic rings. The van der Waals surface area contributed by atoms with Crippen molar-refractivity contribution in [1.29, 1.82) is 0 Å². The molecule has 4 rings (SSSR count). The average molecular weight is 338 g/mol. The molecular weight excluding hydrogens is 319 g/mol. The van der Waals surface area contributed by atoms with Crippen molar-refractivity contribution in [3.8, 4) is 0 Å². The van der Waals surface area contributed by atoms with Crippen LogP contribution >= 0.6 is 0 Å². The van der Waals surface area contributed by atoms with Crippen LogP contribution < -0.4 is 10.6 Å². The first-order valence-corrected chi connectivity index (χ1v) is 7.70. The van der Waals surface area contributed by atoms with Crippen LogP contribution in [0, 0.1) is 0 Å². The van der Waals surface area contributed by atoms with Crippen LogP contribution in [-0.2, 0) is 4.74 Å². The first-order valence-electron chi connectivity index (χ1n) is 7.70. The van der Waals surface area contributed by atoms with Gasteiger partial charge in [0.15, 0.2) is 23.2 Å². The van der Waals surface area contributed by atoms with Crippen LogP contribution in [0.15, 0.2) is 6.33 Å². The van der Waals surface area contributed by atoms with Gasteiger partial charge in [0.25, 0.3) is 0 Å². The second-order valence-electron chi connectivity index (χ2n) is 6.63. The van der Waals surface area contributed by atoms with Crippen molar-refractivity contribution in [3.05, 3.63) is 6.33 Å². The maximum Gasteiger partial charge on any atom is 0.226 e. The lowest BCUT2D eigenvalue weighted by molar-refractivity contribution is -0.224. The van der Waals surface area contributed by atoms with E-state index in [0.717, 1.165) is 19.8 Å². The number of halogens is 1. The van der Waals surface area contributed by atoms with Crippen LogP contribution in [0.25, 0.3) is 11.2 Å². The third-order valence-corrected chi connectivity index (χ3v) is 4.79. The van der Waals surface area contributed by atoms with E-state index in [1.165, 1.54) is 10.9 Å². The highest BCUT2D eigenvalue weighted by Gasteiger charge is 2.60. The number of nitrogen functional groups attached to an aromatic ring is 1. The zero-order valence-electron chi connectivity index (χ0n) is 13.3. The number of nitrogens with zero attached hydrogens (tertiary/aromatic N) is 5. The van der Waals surface area contributed by atoms with Gasteiger partial charge in [-0.3, -0.25) is 4.57 Å². The molecule has 24 heavy (non-hydrogen) atoms. The first-order chi connectivity index (χ1) is 11.2. The predicted molar refractivity (Wildman–Crippen MR) is 82.8 cm³/mol. The lowest BCUT2D eigenvalue weighted by Gasteiger charge is -2.29. The number of nitrogens with two attached hydrogens (primary N) is 1. The van der Waals surface area contributed by atoms with Crippen molar-refractivity contribution in [2.45, 2.75) is 43.5 Å². The van der Waals surface area contributed by atoms with E-state index in [-0.39, 0.29) is 11.6 Å². The summed E-state index contributed by atoms with van der Waals surface area (Å²) in [5.41, 5.74) is 4.12. The van der Waals surface area contributed by atoms with Crippen LogP contribution in [-0.4, -0.2) is 60.9 Å². The minimum Gasteiger partial charge on any atom is -0.368 e. The Hall–Kier alpha value is -2.04. The standard InChI is InChI=1S/C14H19FN6O3/c1-13(15)11(24-5-14(13,22)23)21-6-17-8-9(20(2)7-3-4-7)18-12(16)19-10(8)21/h6-7,11,22-23H,3-5H2,1-2H3,(H2,16,18,19)/t11-,13-/m1/s1. The number of imidazole rings is 1. The molecule has 0 radical (unpaired) electrons. The van der Waals surface area contributed by atoms with Crippen molar-refractivity contribution < 1.29 is 19.3 Å². The molecule has 0 aromatic carbocycles. The van der Waals surface area contributed by atoms with Gasteiger partial charge in [0, 0.05) is 13.1 Å². The lowest BCUT2D eigenvalue weighted by Crippen LogP contribution is -2.49. The number of hydrogen-bond donors (Lipinski definition) is 3. The number of aromatic nitrogens is 4. The largest absolute Gasteiger partial charge is 0.368 e. The summed E-state index contributed by atoms with van der Waals surface area (Å²) < 4.78 is 21.5. The summed E-state index contributed by atoms with van der Waals surface area (Å²) >= 11 is 0. The summed E-state index contributed by atoms with van der Waals surface area (Å²) in [6.45, 7) is 0.512. The van der Waals surface area contributed by atoms with E-state index in [0.29, 0.717) is 17.4 Å². The van der Waals surface area contributed by atoms with Gasteiger partial charge in [-0.25, -0.2) is 9.37 Å². The molecular formula is C14H19FN6O3. The molecule has 4 N–H and O–H groups in total. The van der Waals surface area contributed by atoms with Gasteiger partial charge in [0.2, 0.25) is 17.4 Å². The van der Waals surface area contributed by atoms with Gasteiger partial charge < -0.3 is 25.6 Å². The maximum atomic E-state index is 14.9. The van der Waals surface area contributed by atoms with E-state index in [1.54, 1.807) is 0 Å². The minimum atomic E-state index is -2.60. The smallest absolute Gasteiger partial charge is 0.226 e. The molecule has 9 nitrogen and oxygen atoms in total. The van der Waals surface area contributed by atoms with E-state index >= 15 is 0 Å². The Morgan fingerprint density at radius 2 is 2.12 bits per heavy atom. The SMILES string of the molecule is CN(c1nc(N)nc2c1ncn2[C@@H]1OCC(O)(O)[C@]1(C)F)C1CC1. The number of fused-ring (bicyclic) bond motifs is 1. The molecule has 0 unspecified atom stereocenters. The fraction of sp³-hybridized carbons (Fsp3) is 0.643. The average Bonchev–Trinajstić information content (AvgIpc) is 3.23. The molecule has 2 aliphatic rings. The Labute approximate surface area is 136 Å². The topological polar surface area (TPSA) is 123 Å². The number of ether oxygens (including phenoxy) is 1. The van der Waals surface area contributed by atoms with E-state index in [2.05, 4.69) is 15.0 Å². The third kappa shape index (κ3) is 2.06. The first kappa shape index (κ1) is 15.5. The van der Waals surface area contributed by atoms with E-state index in [4.69, 9.17) is 10.5 Å². The molecule has 2 atom stereocenters. The molecule has 0 spiro atoms.